The summed E-state index contributed by atoms with van der Waals surface area (Å²) in [5, 5.41) is 19.5. The quantitative estimate of drug-likeness (QED) is 0.0834. The van der Waals surface area contributed by atoms with Crippen LogP contribution in [0.15, 0.2) is 54.6 Å². The molecule has 0 bridgehead atoms. The predicted molar refractivity (Wildman–Crippen MR) is 277 cm³/mol. The third kappa shape index (κ3) is 9.44. The molecule has 4 fully saturated rings. The number of primary amides is 1. The number of benzene rings is 4. The van der Waals surface area contributed by atoms with Gasteiger partial charge in [-0.3, -0.25) is 29.3 Å². The van der Waals surface area contributed by atoms with Crippen LogP contribution in [0.3, 0.4) is 0 Å². The van der Waals surface area contributed by atoms with Gasteiger partial charge in [0, 0.05) is 90.9 Å². The van der Waals surface area contributed by atoms with Crippen molar-refractivity contribution in [1.29, 1.82) is 0 Å². The highest BCUT2D eigenvalue weighted by molar-refractivity contribution is 6.34. The van der Waals surface area contributed by atoms with E-state index in [2.05, 4.69) is 39.4 Å². The number of ether oxygens (including phenoxy) is 2. The van der Waals surface area contributed by atoms with Crippen molar-refractivity contribution in [3.05, 3.63) is 105 Å². The van der Waals surface area contributed by atoms with Gasteiger partial charge in [-0.1, -0.05) is 48.9 Å². The molecule has 15 nitrogen and oxygen atoms in total. The van der Waals surface area contributed by atoms with E-state index in [0.717, 1.165) is 18.4 Å². The maximum absolute atomic E-state index is 16.5. The Morgan fingerprint density at radius 1 is 0.908 bits per heavy atom. The van der Waals surface area contributed by atoms with Crippen LogP contribution >= 0.6 is 11.6 Å². The van der Waals surface area contributed by atoms with Crippen molar-refractivity contribution in [2.45, 2.75) is 120 Å². The lowest BCUT2D eigenvalue weighted by molar-refractivity contribution is -0.144. The van der Waals surface area contributed by atoms with Crippen LogP contribution in [-0.2, 0) is 22.2 Å². The number of aliphatic hydroxyl groups is 1. The number of urea groups is 1. The lowest BCUT2D eigenvalue weighted by Crippen LogP contribution is -2.57. The molecule has 5 heterocycles. The molecule has 1 aromatic heterocycles. The molecule has 4 atom stereocenters. The molecule has 10 rings (SSSR count). The van der Waals surface area contributed by atoms with E-state index < -0.39 is 64.3 Å². The molecule has 3 saturated heterocycles. The van der Waals surface area contributed by atoms with Crippen LogP contribution in [0, 0.1) is 29.2 Å². The zero-order chi connectivity index (χ0) is 53.9. The second-order valence-corrected chi connectivity index (χ2v) is 21.6. The highest BCUT2D eigenvalue weighted by atomic mass is 35.5. The third-order valence-corrected chi connectivity index (χ3v) is 17.2. The van der Waals surface area contributed by atoms with Crippen LogP contribution < -0.4 is 30.7 Å². The van der Waals surface area contributed by atoms with Gasteiger partial charge in [0.05, 0.1) is 22.6 Å². The molecule has 4 aromatic carbocycles. The normalized spacial score (nSPS) is 25.4. The smallest absolute Gasteiger partial charge is 0.329 e. The molecule has 20 heteroatoms. The summed E-state index contributed by atoms with van der Waals surface area (Å²) in [6, 6.07) is 13.9. The fraction of sp³-hybridized carbons (Fsp3) is 0.482. The van der Waals surface area contributed by atoms with Crippen molar-refractivity contribution in [3.8, 4) is 22.6 Å². The maximum atomic E-state index is 16.5. The molecule has 5 amide bonds. The number of hydrogen-bond acceptors (Lipinski definition) is 10. The van der Waals surface area contributed by atoms with Crippen LogP contribution in [-0.4, -0.2) is 112 Å². The topological polar surface area (TPSA) is 185 Å². The molecule has 404 valence electrons. The minimum atomic E-state index is -1.15. The average Bonchev–Trinajstić information content (AvgIpc) is 3.87. The number of carbonyl (C=O) groups excluding carboxylic acids is 4. The van der Waals surface area contributed by atoms with E-state index in [0.29, 0.717) is 57.2 Å². The van der Waals surface area contributed by atoms with E-state index >= 15 is 17.6 Å². The highest BCUT2D eigenvalue weighted by Crippen LogP contribution is 2.57. The SMILES string of the molecule is CC1CC(N2CCC(c3c(F)cc4c(N5CCC(=O)NC5=O)nn(C)c4c3F)CC2)CC(C)N1C(=O)C1CCC(NCC2(c3ccccc3)Oc3cc(F)c(Cl)c(-c4c(C(N)=O)ccc(OCCO)c4F)c3C2C)CC1. The maximum Gasteiger partial charge on any atom is 0.329 e. The molecule has 5 N–H and O–H groups in total. The standard InChI is InChI=1S/C56H63ClF4N8O7/c1-29-24-36(67-19-16-32(17-20-67)45-39(58)26-38-51(50(45)61)66(4)65-53(38)68-21-18-43(71)64-55(68)74)25-30(2)69(29)54(73)33-10-12-35(13-11-33)63-28-56(34-8-6-5-7-9-34)31(3)44-42(76-56)27-40(59)48(57)47(44)46-37(52(62)72)14-15-41(49(46)60)75-23-22-70/h5-9,14-15,26-27,29-33,35-36,63,70H,10-13,16-25,28H2,1-4H3,(H2,62,72)(H,64,71,74). The Balaban J connectivity index is 0.780. The number of fused-ring (bicyclic) bond motifs is 2. The van der Waals surface area contributed by atoms with Gasteiger partial charge < -0.3 is 35.4 Å². The molecule has 4 aliphatic heterocycles. The van der Waals surface area contributed by atoms with E-state index in [9.17, 15) is 24.3 Å². The van der Waals surface area contributed by atoms with Crippen molar-refractivity contribution in [3.63, 3.8) is 0 Å². The molecule has 1 aliphatic carbocycles. The zero-order valence-corrected chi connectivity index (χ0v) is 43.7. The van der Waals surface area contributed by atoms with Crippen molar-refractivity contribution >= 4 is 52.1 Å². The Labute approximate surface area is 443 Å². The molecule has 5 aromatic rings. The van der Waals surface area contributed by atoms with Gasteiger partial charge in [0.2, 0.25) is 17.7 Å². The summed E-state index contributed by atoms with van der Waals surface area (Å²) >= 11 is 6.73. The van der Waals surface area contributed by atoms with Crippen LogP contribution in [0.5, 0.6) is 11.5 Å². The van der Waals surface area contributed by atoms with E-state index in [1.165, 1.54) is 33.8 Å². The average molecular weight is 1070 g/mol. The van der Waals surface area contributed by atoms with Crippen LogP contribution in [0.1, 0.15) is 117 Å². The van der Waals surface area contributed by atoms with Crippen LogP contribution in [0.2, 0.25) is 5.02 Å². The number of rotatable bonds is 13. The molecule has 1 saturated carbocycles. The molecule has 5 aliphatic rings. The largest absolute Gasteiger partial charge is 0.488 e. The number of likely N-dealkylation sites (tertiary alicyclic amines) is 2. The van der Waals surface area contributed by atoms with Gasteiger partial charge in [0.15, 0.2) is 28.8 Å². The van der Waals surface area contributed by atoms with E-state index in [-0.39, 0.29) is 119 Å². The molecule has 76 heavy (non-hydrogen) atoms. The third-order valence-electron chi connectivity index (χ3n) is 16.8. The fourth-order valence-electron chi connectivity index (χ4n) is 13.1. The lowest BCUT2D eigenvalue weighted by Gasteiger charge is -2.49. The number of nitrogens with two attached hydrogens (primary N) is 1. The number of halogens is 5. The summed E-state index contributed by atoms with van der Waals surface area (Å²) in [5.74, 6) is -5.64. The van der Waals surface area contributed by atoms with Crippen molar-refractivity contribution in [2.75, 3.05) is 44.3 Å². The Morgan fingerprint density at radius 2 is 1.61 bits per heavy atom. The second kappa shape index (κ2) is 21.3. The lowest BCUT2D eigenvalue weighted by atomic mass is 9.77. The number of nitrogens with one attached hydrogen (secondary N) is 2. The van der Waals surface area contributed by atoms with Crippen molar-refractivity contribution in [2.24, 2.45) is 18.7 Å². The second-order valence-electron chi connectivity index (χ2n) is 21.3. The number of imide groups is 1. The number of piperidine rings is 2. The van der Waals surface area contributed by atoms with Crippen LogP contribution in [0.4, 0.5) is 28.2 Å². The van der Waals surface area contributed by atoms with Gasteiger partial charge in [-0.05, 0) is 108 Å². The van der Waals surface area contributed by atoms with E-state index in [4.69, 9.17) is 26.8 Å². The summed E-state index contributed by atoms with van der Waals surface area (Å²) < 4.78 is 78.4. The van der Waals surface area contributed by atoms with E-state index in [1.807, 2.05) is 37.3 Å². The first-order valence-corrected chi connectivity index (χ1v) is 26.7. The van der Waals surface area contributed by atoms with Crippen LogP contribution in [0.25, 0.3) is 22.0 Å². The summed E-state index contributed by atoms with van der Waals surface area (Å²) in [6.07, 6.45) is 5.46. The first kappa shape index (κ1) is 53.1. The summed E-state index contributed by atoms with van der Waals surface area (Å²) in [4.78, 5) is 57.3. The number of aromatic nitrogens is 2. The number of aryl methyl sites for hydroxylation is 1. The fourth-order valence-corrected chi connectivity index (χ4v) is 13.3. The predicted octanol–water partition coefficient (Wildman–Crippen LogP) is 8.55. The Hall–Kier alpha value is -6.28. The molecule has 0 radical (unpaired) electrons. The highest BCUT2D eigenvalue weighted by Gasteiger charge is 2.51. The molecule has 4 unspecified atom stereocenters. The molecule has 0 spiro atoms. The molecular formula is C56H63ClF4N8O7. The van der Waals surface area contributed by atoms with Crippen molar-refractivity contribution < 1.29 is 51.3 Å². The van der Waals surface area contributed by atoms with E-state index in [1.54, 1.807) is 7.05 Å². The van der Waals surface area contributed by atoms with Gasteiger partial charge in [0.1, 0.15) is 29.5 Å². The molecular weight excluding hydrogens is 1010 g/mol. The summed E-state index contributed by atoms with van der Waals surface area (Å²) in [5.41, 5.74) is 5.27. The minimum Gasteiger partial charge on any atom is -0.488 e. The van der Waals surface area contributed by atoms with Gasteiger partial charge in [0.25, 0.3) is 0 Å². The van der Waals surface area contributed by atoms with Gasteiger partial charge in [-0.15, -0.1) is 0 Å². The number of anilines is 1. The van der Waals surface area contributed by atoms with Gasteiger partial charge >= 0.3 is 6.03 Å². The Morgan fingerprint density at radius 3 is 2.26 bits per heavy atom. The number of aliphatic hydroxyl groups excluding tert-OH is 1. The zero-order valence-electron chi connectivity index (χ0n) is 42.9. The Kier molecular flexibility index (Phi) is 14.9. The first-order valence-electron chi connectivity index (χ1n) is 26.3. The summed E-state index contributed by atoms with van der Waals surface area (Å²) in [6.45, 7) is 7.07. The van der Waals surface area contributed by atoms with Crippen molar-refractivity contribution in [1.82, 2.24) is 30.2 Å². The number of hydrogen-bond donors (Lipinski definition) is 4. The number of nitrogens with zero attached hydrogens (tertiary/aromatic N) is 5. The van der Waals surface area contributed by atoms with Gasteiger partial charge in [-0.25, -0.2) is 22.4 Å². The Bertz CT molecular complexity index is 3080. The van der Waals surface area contributed by atoms with Gasteiger partial charge in [-0.2, -0.15) is 5.10 Å². The monoisotopic (exact) mass is 1070 g/mol. The number of amides is 5. The summed E-state index contributed by atoms with van der Waals surface area (Å²) in [7, 11) is 1.56. The first-order chi connectivity index (χ1) is 36.4. The minimum absolute atomic E-state index is 0.00743. The number of carbonyl (C=O) groups is 4.